The second kappa shape index (κ2) is 7.37. The second-order valence-corrected chi connectivity index (χ2v) is 7.27. The van der Waals surface area contributed by atoms with E-state index < -0.39 is 0 Å². The molecular formula is C19H18BrN3OS. The van der Waals surface area contributed by atoms with Gasteiger partial charge in [0.05, 0.1) is 11.6 Å². The number of hydrogen-bond acceptors (Lipinski definition) is 2. The summed E-state index contributed by atoms with van der Waals surface area (Å²) < 4.78 is 0.985. The van der Waals surface area contributed by atoms with Crippen molar-refractivity contribution >= 4 is 44.9 Å². The molecule has 1 amide bonds. The van der Waals surface area contributed by atoms with E-state index in [1.807, 2.05) is 62.4 Å². The van der Waals surface area contributed by atoms with Gasteiger partial charge in [-0.25, -0.2) is 0 Å². The SMILES string of the molecule is CC1=C(C(=O)Nc2cccc(C)c2)[C@@H](c2ccc(Br)cc2)NC(=S)N1. The van der Waals surface area contributed by atoms with Gasteiger partial charge in [0.15, 0.2) is 5.11 Å². The van der Waals surface area contributed by atoms with Crippen LogP contribution in [0.3, 0.4) is 0 Å². The molecule has 4 nitrogen and oxygen atoms in total. The number of carbonyl (C=O) groups excluding carboxylic acids is 1. The van der Waals surface area contributed by atoms with E-state index in [1.54, 1.807) is 0 Å². The number of aryl methyl sites for hydroxylation is 1. The normalized spacial score (nSPS) is 16.9. The van der Waals surface area contributed by atoms with Crippen molar-refractivity contribution < 1.29 is 4.79 Å². The zero-order chi connectivity index (χ0) is 18.0. The molecule has 0 radical (unpaired) electrons. The van der Waals surface area contributed by atoms with E-state index in [2.05, 4.69) is 31.9 Å². The Bertz CT molecular complexity index is 861. The minimum Gasteiger partial charge on any atom is -0.351 e. The van der Waals surface area contributed by atoms with E-state index in [-0.39, 0.29) is 11.9 Å². The van der Waals surface area contributed by atoms with Crippen molar-refractivity contribution in [2.45, 2.75) is 19.9 Å². The van der Waals surface area contributed by atoms with Crippen LogP contribution >= 0.6 is 28.1 Å². The highest BCUT2D eigenvalue weighted by atomic mass is 79.9. The Balaban J connectivity index is 1.94. The molecule has 0 saturated heterocycles. The van der Waals surface area contributed by atoms with Gasteiger partial charge in [-0.3, -0.25) is 4.79 Å². The molecule has 3 rings (SSSR count). The van der Waals surface area contributed by atoms with Crippen LogP contribution in [-0.4, -0.2) is 11.0 Å². The van der Waals surface area contributed by atoms with E-state index in [1.165, 1.54) is 0 Å². The molecule has 2 aromatic rings. The fourth-order valence-corrected chi connectivity index (χ4v) is 3.36. The van der Waals surface area contributed by atoms with E-state index in [9.17, 15) is 4.79 Å². The maximum absolute atomic E-state index is 12.9. The molecule has 2 aromatic carbocycles. The number of halogens is 1. The molecule has 1 heterocycles. The molecule has 1 aliphatic rings. The smallest absolute Gasteiger partial charge is 0.255 e. The summed E-state index contributed by atoms with van der Waals surface area (Å²) >= 11 is 8.71. The van der Waals surface area contributed by atoms with E-state index >= 15 is 0 Å². The Kier molecular flexibility index (Phi) is 5.20. The lowest BCUT2D eigenvalue weighted by Gasteiger charge is -2.30. The summed E-state index contributed by atoms with van der Waals surface area (Å²) in [4.78, 5) is 12.9. The molecule has 1 atom stereocenters. The Labute approximate surface area is 160 Å². The maximum Gasteiger partial charge on any atom is 0.255 e. The fourth-order valence-electron chi connectivity index (χ4n) is 2.82. The van der Waals surface area contributed by atoms with Gasteiger partial charge in [0.1, 0.15) is 0 Å². The molecule has 0 spiro atoms. The number of benzene rings is 2. The van der Waals surface area contributed by atoms with Crippen LogP contribution in [0.25, 0.3) is 0 Å². The molecule has 0 aliphatic carbocycles. The lowest BCUT2D eigenvalue weighted by atomic mass is 9.95. The summed E-state index contributed by atoms with van der Waals surface area (Å²) in [6, 6.07) is 15.3. The van der Waals surface area contributed by atoms with Crippen molar-refractivity contribution in [2.24, 2.45) is 0 Å². The first kappa shape index (κ1) is 17.6. The lowest BCUT2D eigenvalue weighted by molar-refractivity contribution is -0.113. The third-order valence-corrected chi connectivity index (χ3v) is 4.74. The highest BCUT2D eigenvalue weighted by Crippen LogP contribution is 2.28. The van der Waals surface area contributed by atoms with Crippen LogP contribution in [0.4, 0.5) is 5.69 Å². The third kappa shape index (κ3) is 4.08. The summed E-state index contributed by atoms with van der Waals surface area (Å²) in [7, 11) is 0. The van der Waals surface area contributed by atoms with Crippen molar-refractivity contribution in [3.63, 3.8) is 0 Å². The van der Waals surface area contributed by atoms with Crippen LogP contribution in [-0.2, 0) is 4.79 Å². The van der Waals surface area contributed by atoms with Gasteiger partial charge in [0.2, 0.25) is 0 Å². The van der Waals surface area contributed by atoms with Crippen LogP contribution in [0.5, 0.6) is 0 Å². The molecule has 1 aliphatic heterocycles. The zero-order valence-electron chi connectivity index (χ0n) is 13.9. The number of rotatable bonds is 3. The van der Waals surface area contributed by atoms with Gasteiger partial charge >= 0.3 is 0 Å². The van der Waals surface area contributed by atoms with E-state index in [4.69, 9.17) is 12.2 Å². The highest BCUT2D eigenvalue weighted by Gasteiger charge is 2.29. The topological polar surface area (TPSA) is 53.2 Å². The molecule has 0 bridgehead atoms. The first-order chi connectivity index (χ1) is 11.9. The van der Waals surface area contributed by atoms with Crippen molar-refractivity contribution in [1.29, 1.82) is 0 Å². The monoisotopic (exact) mass is 415 g/mol. The van der Waals surface area contributed by atoms with Crippen molar-refractivity contribution in [1.82, 2.24) is 10.6 Å². The van der Waals surface area contributed by atoms with Crippen LogP contribution in [0.2, 0.25) is 0 Å². The van der Waals surface area contributed by atoms with Crippen LogP contribution in [0.15, 0.2) is 64.3 Å². The molecule has 6 heteroatoms. The average Bonchev–Trinajstić information content (AvgIpc) is 2.54. The minimum atomic E-state index is -0.299. The predicted molar refractivity (Wildman–Crippen MR) is 108 cm³/mol. The van der Waals surface area contributed by atoms with E-state index in [0.717, 1.165) is 27.0 Å². The Morgan fingerprint density at radius 3 is 2.56 bits per heavy atom. The number of allylic oxidation sites excluding steroid dienone is 1. The van der Waals surface area contributed by atoms with Crippen molar-refractivity contribution in [3.8, 4) is 0 Å². The molecule has 3 N–H and O–H groups in total. The summed E-state index contributed by atoms with van der Waals surface area (Å²) in [5.41, 5.74) is 4.21. The van der Waals surface area contributed by atoms with Gasteiger partial charge < -0.3 is 16.0 Å². The van der Waals surface area contributed by atoms with Gasteiger partial charge in [-0.15, -0.1) is 0 Å². The second-order valence-electron chi connectivity index (χ2n) is 5.95. The largest absolute Gasteiger partial charge is 0.351 e. The highest BCUT2D eigenvalue weighted by molar-refractivity contribution is 9.10. The lowest BCUT2D eigenvalue weighted by Crippen LogP contribution is -2.45. The van der Waals surface area contributed by atoms with Gasteiger partial charge in [-0.1, -0.05) is 40.2 Å². The summed E-state index contributed by atoms with van der Waals surface area (Å²) in [6.45, 7) is 3.86. The average molecular weight is 416 g/mol. The Morgan fingerprint density at radius 1 is 1.16 bits per heavy atom. The van der Waals surface area contributed by atoms with Crippen molar-refractivity contribution in [3.05, 3.63) is 75.4 Å². The van der Waals surface area contributed by atoms with Gasteiger partial charge in [0, 0.05) is 15.9 Å². The van der Waals surface area contributed by atoms with Gasteiger partial charge in [-0.2, -0.15) is 0 Å². The maximum atomic E-state index is 12.9. The summed E-state index contributed by atoms with van der Waals surface area (Å²) in [5.74, 6) is -0.154. The zero-order valence-corrected chi connectivity index (χ0v) is 16.3. The van der Waals surface area contributed by atoms with Crippen LogP contribution in [0.1, 0.15) is 24.1 Å². The number of nitrogens with one attached hydrogen (secondary N) is 3. The molecule has 0 fully saturated rings. The van der Waals surface area contributed by atoms with Gasteiger partial charge in [0.25, 0.3) is 5.91 Å². The molecule has 128 valence electrons. The number of thiocarbonyl (C=S) groups is 1. The quantitative estimate of drug-likeness (QED) is 0.657. The standard InChI is InChI=1S/C19H18BrN3OS/c1-11-4-3-5-15(10-11)22-18(24)16-12(2)21-19(25)23-17(16)13-6-8-14(20)9-7-13/h3-10,17H,1-2H3,(H,22,24)(H2,21,23,25)/t17-/m1/s1. The predicted octanol–water partition coefficient (Wildman–Crippen LogP) is 4.19. The molecule has 25 heavy (non-hydrogen) atoms. The van der Waals surface area contributed by atoms with Crippen molar-refractivity contribution in [2.75, 3.05) is 5.32 Å². The fraction of sp³-hybridized carbons (Fsp3) is 0.158. The van der Waals surface area contributed by atoms with E-state index in [0.29, 0.717) is 10.7 Å². The Hall–Kier alpha value is -2.18. The molecule has 0 saturated carbocycles. The van der Waals surface area contributed by atoms with Crippen LogP contribution < -0.4 is 16.0 Å². The summed E-state index contributed by atoms with van der Waals surface area (Å²) in [6.07, 6.45) is 0. The molecule has 0 unspecified atom stereocenters. The van der Waals surface area contributed by atoms with Crippen LogP contribution in [0, 0.1) is 6.92 Å². The molecular weight excluding hydrogens is 398 g/mol. The number of hydrogen-bond donors (Lipinski definition) is 3. The number of amides is 1. The third-order valence-electron chi connectivity index (χ3n) is 3.99. The first-order valence-corrected chi connectivity index (χ1v) is 9.06. The van der Waals surface area contributed by atoms with Gasteiger partial charge in [-0.05, 0) is 61.5 Å². The number of anilines is 1. The molecule has 0 aromatic heterocycles. The Morgan fingerprint density at radius 2 is 1.88 bits per heavy atom. The summed E-state index contributed by atoms with van der Waals surface area (Å²) in [5, 5.41) is 9.74. The number of carbonyl (C=O) groups is 1. The first-order valence-electron chi connectivity index (χ1n) is 7.86. The minimum absolute atomic E-state index is 0.154.